The van der Waals surface area contributed by atoms with Crippen LogP contribution in [0.4, 0.5) is 74.6 Å². The Morgan fingerprint density at radius 3 is 1.12 bits per heavy atom. The molecule has 0 atom stereocenters. The molecule has 198 valence electrons. The van der Waals surface area contributed by atoms with E-state index in [4.69, 9.17) is 0 Å². The zero-order valence-electron chi connectivity index (χ0n) is 15.2. The van der Waals surface area contributed by atoms with E-state index >= 15 is 0 Å². The van der Waals surface area contributed by atoms with Crippen LogP contribution in [-0.2, 0) is 14.8 Å². The number of carboxylic acid groups (broad SMARTS) is 1. The molecule has 0 saturated carbocycles. The zero-order chi connectivity index (χ0) is 27.5. The summed E-state index contributed by atoms with van der Waals surface area (Å²) in [4.78, 5) is 9.91. The Labute approximate surface area is 197 Å². The minimum absolute atomic E-state index is 0. The molecular formula is C10H3F17NNaO4S. The molecule has 0 aromatic carbocycles. The average molecular weight is 579 g/mol. The summed E-state index contributed by atoms with van der Waals surface area (Å²) in [7, 11) is -7.62. The van der Waals surface area contributed by atoms with Crippen LogP contribution >= 0.6 is 0 Å². The number of carboxylic acids is 1. The maximum atomic E-state index is 13.4. The monoisotopic (exact) mass is 579 g/mol. The summed E-state index contributed by atoms with van der Waals surface area (Å²) in [6.45, 7) is -2.47. The second-order valence-corrected chi connectivity index (χ2v) is 7.47. The molecule has 0 fully saturated rings. The molecule has 0 amide bonds. The quantitative estimate of drug-likeness (QED) is 0.283. The topological polar surface area (TPSA) is 86.3 Å². The van der Waals surface area contributed by atoms with Crippen molar-refractivity contribution in [2.75, 3.05) is 6.54 Å². The third-order valence-corrected chi connectivity index (χ3v) is 4.89. The van der Waals surface area contributed by atoms with Crippen LogP contribution < -0.4 is 39.4 Å². The molecule has 0 unspecified atom stereocenters. The third kappa shape index (κ3) is 4.77. The van der Waals surface area contributed by atoms with Gasteiger partial charge in [-0.1, -0.05) is 0 Å². The molecule has 0 aliphatic carbocycles. The molecule has 0 aliphatic rings. The van der Waals surface area contributed by atoms with Crippen molar-refractivity contribution in [2.24, 2.45) is 0 Å². The van der Waals surface area contributed by atoms with Crippen LogP contribution in [0.15, 0.2) is 0 Å². The Hall–Kier alpha value is -0.810. The number of alkyl halides is 17. The Morgan fingerprint density at radius 1 is 0.588 bits per heavy atom. The summed E-state index contributed by atoms with van der Waals surface area (Å²) in [6, 6.07) is 0. The van der Waals surface area contributed by atoms with Crippen molar-refractivity contribution in [1.82, 2.24) is 4.72 Å². The second kappa shape index (κ2) is 9.25. The van der Waals surface area contributed by atoms with Gasteiger partial charge in [0.05, 0.1) is 12.5 Å². The molecule has 24 heteroatoms. The summed E-state index contributed by atoms with van der Waals surface area (Å²) in [5.74, 6) is -55.0. The molecule has 0 spiro atoms. The molecule has 5 nitrogen and oxygen atoms in total. The first-order chi connectivity index (χ1) is 13.9. The van der Waals surface area contributed by atoms with Crippen molar-refractivity contribution in [2.45, 2.75) is 47.0 Å². The van der Waals surface area contributed by atoms with Crippen LogP contribution in [0.3, 0.4) is 0 Å². The van der Waals surface area contributed by atoms with Gasteiger partial charge in [-0.3, -0.25) is 0 Å². The molecule has 0 saturated heterocycles. The largest absolute Gasteiger partial charge is 1.00 e. The number of sulfonamides is 1. The summed E-state index contributed by atoms with van der Waals surface area (Å²) in [5, 5.41) is 2.11. The maximum Gasteiger partial charge on any atom is 1.00 e. The Morgan fingerprint density at radius 2 is 0.853 bits per heavy atom. The molecule has 34 heavy (non-hydrogen) atoms. The predicted octanol–water partition coefficient (Wildman–Crippen LogP) is -0.373. The van der Waals surface area contributed by atoms with Gasteiger partial charge in [0.25, 0.3) is 10.0 Å². The first kappa shape index (κ1) is 35.4. The van der Waals surface area contributed by atoms with Gasteiger partial charge in [-0.25, -0.2) is 13.1 Å². The number of carbonyl (C=O) groups is 1. The molecule has 0 bridgehead atoms. The van der Waals surface area contributed by atoms with Crippen LogP contribution in [0.25, 0.3) is 0 Å². The van der Waals surface area contributed by atoms with Crippen molar-refractivity contribution in [3.8, 4) is 0 Å². The van der Waals surface area contributed by atoms with Gasteiger partial charge in [0.15, 0.2) is 0 Å². The molecule has 0 aliphatic heterocycles. The number of halogens is 17. The van der Waals surface area contributed by atoms with Gasteiger partial charge < -0.3 is 9.90 Å². The standard InChI is InChI=1S/C10H4F17NO4S.Na/c11-3(12,5(15,16)7(19,20)9(23,24)25)4(13,14)6(17,18)8(21,22)10(26,27)33(31,32)28-1-2(29)30;/h28H,1H2,(H,29,30);/q;+1/p-1. The van der Waals surface area contributed by atoms with E-state index in [1.54, 1.807) is 0 Å². The van der Waals surface area contributed by atoms with Crippen LogP contribution in [0.2, 0.25) is 0 Å². The van der Waals surface area contributed by atoms with E-state index in [0.29, 0.717) is 0 Å². The van der Waals surface area contributed by atoms with Gasteiger partial charge in [-0.2, -0.15) is 74.6 Å². The van der Waals surface area contributed by atoms with E-state index < -0.39 is 69.5 Å². The van der Waals surface area contributed by atoms with Crippen LogP contribution in [0, 0.1) is 0 Å². The Balaban J connectivity index is 0. The fraction of sp³-hybridized carbons (Fsp3) is 0.900. The number of hydrogen-bond donors (Lipinski definition) is 1. The van der Waals surface area contributed by atoms with E-state index in [2.05, 4.69) is 0 Å². The minimum atomic E-state index is -8.95. The Kier molecular flexibility index (Phi) is 9.62. The van der Waals surface area contributed by atoms with Gasteiger partial charge in [0.2, 0.25) is 0 Å². The van der Waals surface area contributed by atoms with Gasteiger partial charge in [0, 0.05) is 0 Å². The molecule has 0 heterocycles. The summed E-state index contributed by atoms with van der Waals surface area (Å²) < 4.78 is 242. The van der Waals surface area contributed by atoms with Crippen molar-refractivity contribution in [3.63, 3.8) is 0 Å². The van der Waals surface area contributed by atoms with Crippen LogP contribution in [0.1, 0.15) is 0 Å². The third-order valence-electron chi connectivity index (χ3n) is 3.44. The minimum Gasteiger partial charge on any atom is -0.549 e. The van der Waals surface area contributed by atoms with Crippen molar-refractivity contribution in [1.29, 1.82) is 0 Å². The second-order valence-electron chi connectivity index (χ2n) is 5.66. The van der Waals surface area contributed by atoms with Crippen molar-refractivity contribution < 1.29 is 123 Å². The normalized spacial score (nSPS) is 15.7. The van der Waals surface area contributed by atoms with Crippen molar-refractivity contribution >= 4 is 16.0 Å². The SMILES string of the molecule is O=C([O-])CNS(=O)(=O)C(F)(F)C(F)(F)C(F)(F)C(F)(F)C(F)(F)C(F)(F)C(F)(F)C(F)(F)F.[Na+]. The summed E-state index contributed by atoms with van der Waals surface area (Å²) in [5.41, 5.74) is 0. The van der Waals surface area contributed by atoms with E-state index in [1.807, 2.05) is 0 Å². The number of aliphatic carboxylic acids is 1. The fourth-order valence-electron chi connectivity index (χ4n) is 1.56. The van der Waals surface area contributed by atoms with E-state index in [0.717, 1.165) is 0 Å². The smallest absolute Gasteiger partial charge is 0.549 e. The Bertz CT molecular complexity index is 868. The number of carbonyl (C=O) groups excluding carboxylic acids is 1. The van der Waals surface area contributed by atoms with Gasteiger partial charge in [0.1, 0.15) is 0 Å². The predicted molar refractivity (Wildman–Crippen MR) is 62.6 cm³/mol. The summed E-state index contributed by atoms with van der Waals surface area (Å²) in [6.07, 6.45) is -7.92. The molecule has 0 rings (SSSR count). The van der Waals surface area contributed by atoms with Gasteiger partial charge >= 0.3 is 76.5 Å². The molecule has 1 N–H and O–H groups in total. The maximum absolute atomic E-state index is 13.4. The van der Waals surface area contributed by atoms with Crippen molar-refractivity contribution in [3.05, 3.63) is 0 Å². The molecular weight excluding hydrogens is 576 g/mol. The first-order valence-corrected chi connectivity index (χ1v) is 8.30. The van der Waals surface area contributed by atoms with Crippen LogP contribution in [-0.4, -0.2) is 67.9 Å². The molecule has 0 aromatic rings. The van der Waals surface area contributed by atoms with E-state index in [1.165, 1.54) is 0 Å². The van der Waals surface area contributed by atoms with Gasteiger partial charge in [-0.05, 0) is 0 Å². The van der Waals surface area contributed by atoms with Crippen LogP contribution in [0.5, 0.6) is 0 Å². The molecule has 0 aromatic heterocycles. The number of rotatable bonds is 10. The first-order valence-electron chi connectivity index (χ1n) is 6.82. The molecule has 0 radical (unpaired) electrons. The zero-order valence-corrected chi connectivity index (χ0v) is 18.0. The average Bonchev–Trinajstić information content (AvgIpc) is 2.57. The summed E-state index contributed by atoms with van der Waals surface area (Å²) >= 11 is 0. The van der Waals surface area contributed by atoms with E-state index in [-0.39, 0.29) is 34.3 Å². The van der Waals surface area contributed by atoms with Gasteiger partial charge in [-0.15, -0.1) is 0 Å². The number of nitrogens with one attached hydrogen (secondary N) is 1. The fourth-order valence-corrected chi connectivity index (χ4v) is 2.52. The van der Waals surface area contributed by atoms with E-state index in [9.17, 15) is 93.0 Å². The number of hydrogen-bond acceptors (Lipinski definition) is 4.